The second-order valence-corrected chi connectivity index (χ2v) is 21.1. The van der Waals surface area contributed by atoms with E-state index in [-0.39, 0.29) is 100.0 Å². The van der Waals surface area contributed by atoms with Crippen molar-refractivity contribution in [2.45, 2.75) is 153 Å². The molecule has 2 aliphatic rings. The van der Waals surface area contributed by atoms with Gasteiger partial charge in [0.15, 0.2) is 0 Å². The van der Waals surface area contributed by atoms with Crippen LogP contribution in [0.15, 0.2) is 24.3 Å². The first-order valence-corrected chi connectivity index (χ1v) is 27.3. The highest BCUT2D eigenvalue weighted by Crippen LogP contribution is 2.24. The van der Waals surface area contributed by atoms with Crippen LogP contribution in [0.2, 0.25) is 0 Å². The zero-order valence-electron chi connectivity index (χ0n) is 45.1. The van der Waals surface area contributed by atoms with Crippen molar-refractivity contribution >= 4 is 70.8 Å². The summed E-state index contributed by atoms with van der Waals surface area (Å²) in [5.41, 5.74) is 12.2. The Morgan fingerprint density at radius 2 is 1.45 bits per heavy atom. The molecule has 0 saturated carbocycles. The number of thioether (sulfide) groups is 1. The van der Waals surface area contributed by atoms with Gasteiger partial charge in [0.25, 0.3) is 0 Å². The van der Waals surface area contributed by atoms with Crippen LogP contribution in [0.25, 0.3) is 0 Å². The molecule has 0 aliphatic carbocycles. The van der Waals surface area contributed by atoms with Crippen molar-refractivity contribution in [2.75, 3.05) is 58.3 Å². The number of nitrogens with one attached hydrogen (secondary N) is 9. The number of phenolic OH excluding ortho intramolecular Hbond substituents is 1. The van der Waals surface area contributed by atoms with E-state index in [4.69, 9.17) is 11.5 Å². The number of nitrogens with two attached hydrogens (primary N) is 2. The van der Waals surface area contributed by atoms with E-state index in [9.17, 15) is 63.3 Å². The van der Waals surface area contributed by atoms with E-state index < -0.39 is 114 Å². The molecule has 27 heteroatoms. The lowest BCUT2D eigenvalue weighted by Crippen LogP contribution is -2.61. The summed E-state index contributed by atoms with van der Waals surface area (Å²) in [6.07, 6.45) is -0.738. The highest BCUT2D eigenvalue weighted by molar-refractivity contribution is 8.00. The van der Waals surface area contributed by atoms with E-state index in [0.29, 0.717) is 31.2 Å². The third kappa shape index (κ3) is 22.4. The predicted octanol–water partition coefficient (Wildman–Crippen LogP) is -4.12. The number of aliphatic hydroxyl groups excluding tert-OH is 2. The summed E-state index contributed by atoms with van der Waals surface area (Å²) >= 11 is 1.17. The summed E-state index contributed by atoms with van der Waals surface area (Å²) < 4.78 is 0. The first-order chi connectivity index (χ1) is 36.5. The second-order valence-electron chi connectivity index (χ2n) is 20.0. The summed E-state index contributed by atoms with van der Waals surface area (Å²) in [7, 11) is 2.87. The molecule has 77 heavy (non-hydrogen) atoms. The van der Waals surface area contributed by atoms with Crippen LogP contribution in [0.1, 0.15) is 91.0 Å². The van der Waals surface area contributed by atoms with Crippen LogP contribution in [0.5, 0.6) is 5.75 Å². The molecule has 0 aromatic heterocycles. The molecule has 1 aromatic rings. The van der Waals surface area contributed by atoms with Crippen molar-refractivity contribution in [3.05, 3.63) is 29.8 Å². The number of unbranched alkanes of at least 4 members (excludes halogenated alkanes) is 2. The van der Waals surface area contributed by atoms with E-state index >= 15 is 0 Å². The number of carbonyl (C=O) groups is 10. The largest absolute Gasteiger partial charge is 0.508 e. The van der Waals surface area contributed by atoms with Gasteiger partial charge in [-0.3, -0.25) is 52.8 Å². The van der Waals surface area contributed by atoms with Gasteiger partial charge in [-0.05, 0) is 55.7 Å². The number of β-amino-alcohol motifs (C(OH)–C–C–N with tert-alkyl or cyclic N) is 1. The van der Waals surface area contributed by atoms with E-state index in [1.54, 1.807) is 12.1 Å². The monoisotopic (exact) mass is 1110 g/mol. The Balaban J connectivity index is 1.55. The van der Waals surface area contributed by atoms with Gasteiger partial charge in [0.05, 0.1) is 42.9 Å². The molecule has 16 N–H and O–H groups in total. The Labute approximate surface area is 454 Å². The number of benzene rings is 1. The van der Waals surface area contributed by atoms with Crippen molar-refractivity contribution in [3.8, 4) is 5.75 Å². The molecule has 2 heterocycles. The Bertz CT molecular complexity index is 2160. The average Bonchev–Trinajstić information content (AvgIpc) is 4.04. The minimum atomic E-state index is -1.55. The quantitative estimate of drug-likeness (QED) is 0.0297. The number of hydrogen-bond acceptors (Lipinski definition) is 17. The van der Waals surface area contributed by atoms with Crippen LogP contribution in [0, 0.1) is 5.92 Å². The fourth-order valence-corrected chi connectivity index (χ4v) is 9.84. The molecule has 0 spiro atoms. The number of likely N-dealkylation sites (N-methyl/N-ethyl adjacent to an activating group) is 2. The molecule has 432 valence electrons. The maximum absolute atomic E-state index is 13.8. The normalized spacial score (nSPS) is 18.7. The highest BCUT2D eigenvalue weighted by atomic mass is 32.2. The minimum Gasteiger partial charge on any atom is -0.508 e. The number of likely N-dealkylation sites (tertiary alicyclic amines) is 2. The van der Waals surface area contributed by atoms with Crippen LogP contribution in [0.3, 0.4) is 0 Å². The van der Waals surface area contributed by atoms with Gasteiger partial charge in [-0.15, -0.1) is 11.8 Å². The maximum Gasteiger partial charge on any atom is 0.245 e. The van der Waals surface area contributed by atoms with Gasteiger partial charge >= 0.3 is 0 Å². The Kier molecular flexibility index (Phi) is 28.1. The molecule has 1 unspecified atom stereocenters. The van der Waals surface area contributed by atoms with Crippen molar-refractivity contribution in [3.63, 3.8) is 0 Å². The molecule has 2 aliphatic heterocycles. The molecule has 2 saturated heterocycles. The third-order valence-electron chi connectivity index (χ3n) is 12.8. The second kappa shape index (κ2) is 33.2. The van der Waals surface area contributed by atoms with Crippen LogP contribution in [-0.4, -0.2) is 203 Å². The van der Waals surface area contributed by atoms with Crippen molar-refractivity contribution in [2.24, 2.45) is 17.4 Å². The van der Waals surface area contributed by atoms with Gasteiger partial charge in [-0.25, -0.2) is 0 Å². The van der Waals surface area contributed by atoms with E-state index in [0.717, 1.165) is 0 Å². The lowest BCUT2D eigenvalue weighted by Gasteiger charge is -2.34. The Hall–Kier alpha value is -6.13. The van der Waals surface area contributed by atoms with Crippen LogP contribution in [-0.2, 0) is 54.4 Å². The topological polar surface area (TPSA) is 398 Å². The lowest BCUT2D eigenvalue weighted by molar-refractivity contribution is -0.142. The minimum absolute atomic E-state index is 0.0277. The first kappa shape index (κ1) is 65.2. The molecule has 9 atom stereocenters. The van der Waals surface area contributed by atoms with Gasteiger partial charge in [0.1, 0.15) is 36.1 Å². The number of phenols is 1. The number of hydrogen-bond donors (Lipinski definition) is 14. The van der Waals surface area contributed by atoms with Crippen LogP contribution in [0.4, 0.5) is 0 Å². The third-order valence-corrected chi connectivity index (χ3v) is 13.9. The average molecular weight is 1110 g/mol. The molecule has 3 rings (SSSR count). The lowest BCUT2D eigenvalue weighted by atomic mass is 10.0. The standard InChI is InChI=1S/C50H83N13O13S/c1-28(2)19-34(50(76)63-25-32(65)21-39(63)47(73)54-6)60-46(72)36(23-51)61-48(74)38-11-10-18-62(38)49(75)35(22-40(52)66)59-41(67)12-8-7-9-17-55-44(70)33(20-30-13-15-31(64)16-14-30)58-43(69)27-77-26-37(57-29(3)4)45(71)56-24-42(68)53-5/h13-16,28-29,32-39,49,57,64-65,75H,7-12,17-27,51H2,1-6H3,(H2,52,66)(H,53,68)(H,54,73)(H,55,70)(H,56,71)(H,58,69)(H,59,67)(H,60,72)(H,61,74)/t32-,33+,34+,35+,36+,37+,38+,39+,49?/m1/s1. The smallest absolute Gasteiger partial charge is 0.245 e. The fourth-order valence-electron chi connectivity index (χ4n) is 8.97. The van der Waals surface area contributed by atoms with Gasteiger partial charge < -0.3 is 79.5 Å². The SMILES string of the molecule is CNC(=O)CNC(=O)[C@H](CSCC(=O)N[C@@H](Cc1ccc(O)cc1)C(=O)NCCCCCC(=O)N[C@@H](CC(N)=O)C(O)N1CCC[C@H]1C(=O)N[C@@H](CN)C(=O)N[C@@H](CC(C)C)C(=O)N1C[C@H](O)C[C@H]1C(=O)NC)NC(C)C. The molecular weight excluding hydrogens is 1020 g/mol. The Morgan fingerprint density at radius 1 is 0.766 bits per heavy atom. The van der Waals surface area contributed by atoms with E-state index in [1.165, 1.54) is 47.8 Å². The number of primary amides is 1. The van der Waals surface area contributed by atoms with E-state index in [2.05, 4.69) is 47.9 Å². The van der Waals surface area contributed by atoms with Gasteiger partial charge in [0, 0.05) is 71.3 Å². The van der Waals surface area contributed by atoms with E-state index in [1.807, 2.05) is 27.7 Å². The van der Waals surface area contributed by atoms with Crippen LogP contribution >= 0.6 is 11.8 Å². The zero-order valence-corrected chi connectivity index (χ0v) is 45.9. The van der Waals surface area contributed by atoms with Crippen molar-refractivity contribution < 1.29 is 63.3 Å². The summed E-state index contributed by atoms with van der Waals surface area (Å²) in [6, 6.07) is -1.18. The van der Waals surface area contributed by atoms with Gasteiger partial charge in [-0.2, -0.15) is 0 Å². The van der Waals surface area contributed by atoms with Crippen molar-refractivity contribution in [1.29, 1.82) is 0 Å². The number of aliphatic hydroxyl groups is 2. The zero-order chi connectivity index (χ0) is 57.4. The highest BCUT2D eigenvalue weighted by Gasteiger charge is 2.43. The first-order valence-electron chi connectivity index (χ1n) is 26.2. The molecule has 2 fully saturated rings. The van der Waals surface area contributed by atoms with Gasteiger partial charge in [-0.1, -0.05) is 46.2 Å². The molecule has 1 aromatic carbocycles. The van der Waals surface area contributed by atoms with Crippen molar-refractivity contribution in [1.82, 2.24) is 57.7 Å². The van der Waals surface area contributed by atoms with Crippen LogP contribution < -0.4 is 59.3 Å². The maximum atomic E-state index is 13.8. The predicted molar refractivity (Wildman–Crippen MR) is 286 cm³/mol. The fraction of sp³-hybridized carbons (Fsp3) is 0.680. The summed E-state index contributed by atoms with van der Waals surface area (Å²) in [5, 5.41) is 55.8. The molecule has 10 amide bonds. The number of nitrogens with zero attached hydrogens (tertiary/aromatic N) is 2. The summed E-state index contributed by atoms with van der Waals surface area (Å²) in [5.74, 6) is -5.45. The molecule has 26 nitrogen and oxygen atoms in total. The molecule has 0 radical (unpaired) electrons. The summed E-state index contributed by atoms with van der Waals surface area (Å²) in [4.78, 5) is 133. The van der Waals surface area contributed by atoms with Gasteiger partial charge in [0.2, 0.25) is 59.1 Å². The number of aromatic hydroxyl groups is 1. The number of amides is 10. The molecule has 0 bridgehead atoms. The number of rotatable bonds is 33. The molecular formula is C50H83N13O13S. The Morgan fingerprint density at radius 3 is 2.08 bits per heavy atom. The summed E-state index contributed by atoms with van der Waals surface area (Å²) in [6.45, 7) is 7.10. The number of carbonyl (C=O) groups excluding carboxylic acids is 10.